The molecule has 1 aromatic carbocycles. The Morgan fingerprint density at radius 3 is 2.62 bits per heavy atom. The van der Waals surface area contributed by atoms with Crippen molar-refractivity contribution in [2.75, 3.05) is 53.0 Å². The summed E-state index contributed by atoms with van der Waals surface area (Å²) in [6.45, 7) is 2.40. The average Bonchev–Trinajstić information content (AvgIpc) is 2.65. The van der Waals surface area contributed by atoms with Gasteiger partial charge in [0.25, 0.3) is 0 Å². The van der Waals surface area contributed by atoms with Crippen LogP contribution in [0.15, 0.2) is 12.4 Å². The van der Waals surface area contributed by atoms with E-state index in [1.54, 1.807) is 21.3 Å². The number of hydrogen-bond acceptors (Lipinski definition) is 8. The molecule has 0 bridgehead atoms. The Balaban J connectivity index is 1.96. The van der Waals surface area contributed by atoms with Gasteiger partial charge in [-0.25, -0.2) is 9.97 Å². The number of fused-ring (bicyclic) bond motifs is 1. The smallest absolute Gasteiger partial charge is 0.205 e. The van der Waals surface area contributed by atoms with E-state index in [0.29, 0.717) is 54.9 Å². The van der Waals surface area contributed by atoms with Gasteiger partial charge in [-0.2, -0.15) is 0 Å². The van der Waals surface area contributed by atoms with Gasteiger partial charge in [0.05, 0.1) is 52.6 Å². The predicted octanol–water partition coefficient (Wildman–Crippen LogP) is 1.48. The number of anilines is 1. The first-order valence-electron chi connectivity index (χ1n) is 7.65. The van der Waals surface area contributed by atoms with Crippen LogP contribution in [0.2, 0.25) is 0 Å². The number of rotatable bonds is 6. The van der Waals surface area contributed by atoms with Crippen LogP contribution in [0.4, 0.5) is 5.82 Å². The van der Waals surface area contributed by atoms with Gasteiger partial charge < -0.3 is 29.0 Å². The van der Waals surface area contributed by atoms with Crippen LogP contribution in [0.5, 0.6) is 17.2 Å². The average molecular weight is 335 g/mol. The molecule has 3 rings (SSSR count). The van der Waals surface area contributed by atoms with Crippen LogP contribution in [0.3, 0.4) is 0 Å². The van der Waals surface area contributed by atoms with Gasteiger partial charge in [0.1, 0.15) is 17.7 Å². The van der Waals surface area contributed by atoms with Gasteiger partial charge in [-0.15, -0.1) is 0 Å². The van der Waals surface area contributed by atoms with Crippen molar-refractivity contribution in [1.82, 2.24) is 9.97 Å². The molecule has 8 nitrogen and oxygen atoms in total. The third-order valence-electron chi connectivity index (χ3n) is 3.81. The monoisotopic (exact) mass is 335 g/mol. The Labute approximate surface area is 140 Å². The highest BCUT2D eigenvalue weighted by atomic mass is 16.6. The molecule has 0 amide bonds. The minimum Gasteiger partial charge on any atom is -0.493 e. The third-order valence-corrected chi connectivity index (χ3v) is 3.81. The Morgan fingerprint density at radius 1 is 1.12 bits per heavy atom. The van der Waals surface area contributed by atoms with Gasteiger partial charge in [0.15, 0.2) is 11.5 Å². The zero-order chi connectivity index (χ0) is 16.9. The molecule has 2 heterocycles. The Hall–Kier alpha value is -2.32. The van der Waals surface area contributed by atoms with Crippen molar-refractivity contribution in [3.05, 3.63) is 12.4 Å². The Kier molecular flexibility index (Phi) is 5.17. The van der Waals surface area contributed by atoms with E-state index in [4.69, 9.17) is 23.7 Å². The normalized spacial score (nSPS) is 17.5. The van der Waals surface area contributed by atoms with Crippen molar-refractivity contribution in [2.24, 2.45) is 0 Å². The molecule has 1 aliphatic heterocycles. The number of benzene rings is 1. The molecule has 0 spiro atoms. The molecule has 0 radical (unpaired) electrons. The van der Waals surface area contributed by atoms with Crippen LogP contribution in [0, 0.1) is 0 Å². The highest BCUT2D eigenvalue weighted by Gasteiger charge is 2.20. The van der Waals surface area contributed by atoms with Gasteiger partial charge in [0, 0.05) is 6.54 Å². The molecule has 1 atom stereocenters. The van der Waals surface area contributed by atoms with Gasteiger partial charge in [0.2, 0.25) is 5.75 Å². The first kappa shape index (κ1) is 16.5. The molecule has 1 unspecified atom stereocenters. The zero-order valence-electron chi connectivity index (χ0n) is 14.0. The van der Waals surface area contributed by atoms with E-state index < -0.39 is 0 Å². The summed E-state index contributed by atoms with van der Waals surface area (Å²) < 4.78 is 27.3. The van der Waals surface area contributed by atoms with Crippen molar-refractivity contribution in [2.45, 2.75) is 6.10 Å². The van der Waals surface area contributed by atoms with Crippen LogP contribution < -0.4 is 19.5 Å². The summed E-state index contributed by atoms with van der Waals surface area (Å²) in [5.41, 5.74) is 0.647. The van der Waals surface area contributed by atoms with Crippen molar-refractivity contribution in [3.8, 4) is 17.2 Å². The molecule has 1 aromatic heterocycles. The number of ether oxygens (including phenoxy) is 5. The fraction of sp³-hybridized carbons (Fsp3) is 0.500. The predicted molar refractivity (Wildman–Crippen MR) is 88.2 cm³/mol. The van der Waals surface area contributed by atoms with E-state index in [1.165, 1.54) is 6.33 Å². The number of nitrogens with zero attached hydrogens (tertiary/aromatic N) is 2. The quantitative estimate of drug-likeness (QED) is 0.850. The van der Waals surface area contributed by atoms with Crippen LogP contribution in [-0.4, -0.2) is 63.8 Å². The molecule has 24 heavy (non-hydrogen) atoms. The largest absolute Gasteiger partial charge is 0.493 e. The lowest BCUT2D eigenvalue weighted by atomic mass is 10.1. The Bertz CT molecular complexity index is 704. The lowest BCUT2D eigenvalue weighted by Crippen LogP contribution is -2.34. The first-order chi connectivity index (χ1) is 11.8. The number of hydrogen-bond donors (Lipinski definition) is 1. The number of aromatic nitrogens is 2. The highest BCUT2D eigenvalue weighted by Crippen LogP contribution is 2.43. The molecule has 0 saturated carbocycles. The molecule has 1 N–H and O–H groups in total. The van der Waals surface area contributed by atoms with E-state index in [9.17, 15) is 0 Å². The van der Waals surface area contributed by atoms with Gasteiger partial charge >= 0.3 is 0 Å². The first-order valence-corrected chi connectivity index (χ1v) is 7.65. The number of nitrogens with one attached hydrogen (secondary N) is 1. The Morgan fingerprint density at radius 2 is 1.96 bits per heavy atom. The molecule has 2 aromatic rings. The molecule has 1 aliphatic rings. The zero-order valence-corrected chi connectivity index (χ0v) is 14.0. The van der Waals surface area contributed by atoms with E-state index in [2.05, 4.69) is 15.3 Å². The second-order valence-corrected chi connectivity index (χ2v) is 5.21. The molecule has 1 fully saturated rings. The van der Waals surface area contributed by atoms with E-state index in [0.717, 1.165) is 5.39 Å². The van der Waals surface area contributed by atoms with Crippen LogP contribution in [0.1, 0.15) is 0 Å². The molecule has 8 heteroatoms. The minimum atomic E-state index is -0.00851. The van der Waals surface area contributed by atoms with Crippen LogP contribution in [-0.2, 0) is 9.47 Å². The lowest BCUT2D eigenvalue weighted by Gasteiger charge is -2.23. The SMILES string of the molecule is COc1cc2c(NCC3COCCO3)ncnc2c(OC)c1OC. The highest BCUT2D eigenvalue weighted by molar-refractivity contribution is 5.96. The second-order valence-electron chi connectivity index (χ2n) is 5.21. The van der Waals surface area contributed by atoms with E-state index in [-0.39, 0.29) is 6.10 Å². The fourth-order valence-corrected chi connectivity index (χ4v) is 2.67. The molecular weight excluding hydrogens is 314 g/mol. The summed E-state index contributed by atoms with van der Waals surface area (Å²) in [6.07, 6.45) is 1.47. The van der Waals surface area contributed by atoms with Crippen LogP contribution >= 0.6 is 0 Å². The van der Waals surface area contributed by atoms with Crippen molar-refractivity contribution >= 4 is 16.7 Å². The topological polar surface area (TPSA) is 84.0 Å². The van der Waals surface area contributed by atoms with E-state index in [1.807, 2.05) is 6.07 Å². The van der Waals surface area contributed by atoms with Crippen molar-refractivity contribution in [3.63, 3.8) is 0 Å². The number of methoxy groups -OCH3 is 3. The molecule has 0 aliphatic carbocycles. The minimum absolute atomic E-state index is 0.00851. The maximum absolute atomic E-state index is 5.64. The fourth-order valence-electron chi connectivity index (χ4n) is 2.67. The van der Waals surface area contributed by atoms with E-state index >= 15 is 0 Å². The summed E-state index contributed by atoms with van der Waals surface area (Å²) in [6, 6.07) is 1.83. The molecule has 130 valence electrons. The van der Waals surface area contributed by atoms with Gasteiger partial charge in [-0.05, 0) is 6.07 Å². The van der Waals surface area contributed by atoms with Crippen molar-refractivity contribution < 1.29 is 23.7 Å². The summed E-state index contributed by atoms with van der Waals surface area (Å²) in [5, 5.41) is 4.07. The molecule has 1 saturated heterocycles. The molecular formula is C16H21N3O5. The van der Waals surface area contributed by atoms with Crippen LogP contribution in [0.25, 0.3) is 10.9 Å². The third kappa shape index (κ3) is 3.15. The van der Waals surface area contributed by atoms with Gasteiger partial charge in [-0.3, -0.25) is 0 Å². The maximum Gasteiger partial charge on any atom is 0.205 e. The standard InChI is InChI=1S/C16H21N3O5/c1-20-12-6-11-13(15(22-3)14(12)21-2)18-9-19-16(11)17-7-10-8-23-4-5-24-10/h6,9-10H,4-5,7-8H2,1-3H3,(H,17,18,19). The summed E-state index contributed by atoms with van der Waals surface area (Å²) >= 11 is 0. The maximum atomic E-state index is 5.64. The van der Waals surface area contributed by atoms with Crippen molar-refractivity contribution in [1.29, 1.82) is 0 Å². The summed E-state index contributed by atoms with van der Waals surface area (Å²) in [4.78, 5) is 8.65. The van der Waals surface area contributed by atoms with Gasteiger partial charge in [-0.1, -0.05) is 0 Å². The summed E-state index contributed by atoms with van der Waals surface area (Å²) in [7, 11) is 4.71. The lowest BCUT2D eigenvalue weighted by molar-refractivity contribution is -0.0819. The second kappa shape index (κ2) is 7.50. The summed E-state index contributed by atoms with van der Waals surface area (Å²) in [5.74, 6) is 2.24.